The van der Waals surface area contributed by atoms with Gasteiger partial charge in [-0.2, -0.15) is 0 Å². The quantitative estimate of drug-likeness (QED) is 0.904. The molecule has 4 heteroatoms. The third-order valence-corrected chi connectivity index (χ3v) is 5.37. The van der Waals surface area contributed by atoms with E-state index in [-0.39, 0.29) is 0 Å². The van der Waals surface area contributed by atoms with E-state index in [2.05, 4.69) is 32.2 Å². The van der Waals surface area contributed by atoms with Crippen LogP contribution in [0, 0.1) is 0 Å². The van der Waals surface area contributed by atoms with Crippen LogP contribution in [0.5, 0.6) is 0 Å². The number of hydrogen-bond acceptors (Lipinski definition) is 4. The summed E-state index contributed by atoms with van der Waals surface area (Å²) in [6.07, 6.45) is 9.92. The largest absolute Gasteiger partial charge is 0.371 e. The van der Waals surface area contributed by atoms with E-state index < -0.39 is 0 Å². The number of anilines is 2. The fourth-order valence-electron chi connectivity index (χ4n) is 4.25. The Balaban J connectivity index is 1.54. The predicted molar refractivity (Wildman–Crippen MR) is 87.1 cm³/mol. The Morgan fingerprint density at radius 3 is 2.86 bits per heavy atom. The molecule has 114 valence electrons. The van der Waals surface area contributed by atoms with Gasteiger partial charge in [0.15, 0.2) is 0 Å². The molecule has 0 saturated carbocycles. The zero-order valence-corrected chi connectivity index (χ0v) is 12.8. The van der Waals surface area contributed by atoms with E-state index in [0.29, 0.717) is 12.1 Å². The van der Waals surface area contributed by atoms with Crippen molar-refractivity contribution in [2.24, 2.45) is 0 Å². The number of pyridine rings is 1. The van der Waals surface area contributed by atoms with Gasteiger partial charge < -0.3 is 15.1 Å². The van der Waals surface area contributed by atoms with Crippen molar-refractivity contribution >= 4 is 11.5 Å². The van der Waals surface area contributed by atoms with Crippen LogP contribution in [-0.4, -0.2) is 43.2 Å². The molecule has 0 spiro atoms. The number of aromatic nitrogens is 1. The van der Waals surface area contributed by atoms with E-state index in [4.69, 9.17) is 0 Å². The topological polar surface area (TPSA) is 31.4 Å². The SMILES string of the molecule is c1cc(N2CCCCC2)cc(N2CCC3NCCCC32)n1. The van der Waals surface area contributed by atoms with Gasteiger partial charge in [-0.3, -0.25) is 0 Å². The summed E-state index contributed by atoms with van der Waals surface area (Å²) in [5.74, 6) is 1.19. The monoisotopic (exact) mass is 286 g/mol. The van der Waals surface area contributed by atoms with E-state index in [9.17, 15) is 0 Å². The number of piperidine rings is 2. The van der Waals surface area contributed by atoms with Gasteiger partial charge in [-0.1, -0.05) is 0 Å². The minimum absolute atomic E-state index is 0.655. The first-order valence-electron chi connectivity index (χ1n) is 8.63. The zero-order chi connectivity index (χ0) is 14.1. The van der Waals surface area contributed by atoms with Gasteiger partial charge in [-0.25, -0.2) is 4.98 Å². The fourth-order valence-corrected chi connectivity index (χ4v) is 4.25. The molecule has 4 rings (SSSR count). The smallest absolute Gasteiger partial charge is 0.130 e. The molecule has 3 aliphatic heterocycles. The summed E-state index contributed by atoms with van der Waals surface area (Å²) in [6, 6.07) is 5.84. The minimum Gasteiger partial charge on any atom is -0.371 e. The molecule has 3 fully saturated rings. The zero-order valence-electron chi connectivity index (χ0n) is 12.8. The second kappa shape index (κ2) is 5.84. The van der Waals surface area contributed by atoms with Gasteiger partial charge in [-0.05, 0) is 51.1 Å². The first-order chi connectivity index (χ1) is 10.4. The van der Waals surface area contributed by atoms with Crippen molar-refractivity contribution in [1.29, 1.82) is 0 Å². The van der Waals surface area contributed by atoms with Crippen molar-refractivity contribution in [3.8, 4) is 0 Å². The number of nitrogens with zero attached hydrogens (tertiary/aromatic N) is 3. The number of rotatable bonds is 2. The van der Waals surface area contributed by atoms with Crippen molar-refractivity contribution in [2.45, 2.75) is 50.6 Å². The van der Waals surface area contributed by atoms with Crippen molar-refractivity contribution in [3.63, 3.8) is 0 Å². The molecule has 3 saturated heterocycles. The minimum atomic E-state index is 0.655. The Labute approximate surface area is 127 Å². The van der Waals surface area contributed by atoms with Crippen LogP contribution < -0.4 is 15.1 Å². The second-order valence-electron chi connectivity index (χ2n) is 6.67. The Morgan fingerprint density at radius 1 is 1.05 bits per heavy atom. The Morgan fingerprint density at radius 2 is 1.95 bits per heavy atom. The van der Waals surface area contributed by atoms with Crippen LogP contribution in [0.2, 0.25) is 0 Å². The summed E-state index contributed by atoms with van der Waals surface area (Å²) in [5.41, 5.74) is 1.37. The van der Waals surface area contributed by atoms with Crippen LogP contribution in [0.4, 0.5) is 11.5 Å². The third kappa shape index (κ3) is 2.61. The molecular weight excluding hydrogens is 260 g/mol. The summed E-state index contributed by atoms with van der Waals surface area (Å²) in [4.78, 5) is 9.75. The average Bonchev–Trinajstić information content (AvgIpc) is 3.00. The Hall–Kier alpha value is -1.29. The maximum Gasteiger partial charge on any atom is 0.130 e. The summed E-state index contributed by atoms with van der Waals surface area (Å²) in [6.45, 7) is 4.75. The fraction of sp³-hybridized carbons (Fsp3) is 0.706. The van der Waals surface area contributed by atoms with Gasteiger partial charge in [0.1, 0.15) is 5.82 Å². The number of fused-ring (bicyclic) bond motifs is 1. The van der Waals surface area contributed by atoms with E-state index in [1.54, 1.807) is 0 Å². The maximum atomic E-state index is 4.68. The molecule has 0 aliphatic carbocycles. The molecule has 21 heavy (non-hydrogen) atoms. The van der Waals surface area contributed by atoms with Gasteiger partial charge in [0.2, 0.25) is 0 Å². The van der Waals surface area contributed by atoms with Gasteiger partial charge >= 0.3 is 0 Å². The third-order valence-electron chi connectivity index (χ3n) is 5.37. The van der Waals surface area contributed by atoms with Gasteiger partial charge in [0.25, 0.3) is 0 Å². The average molecular weight is 286 g/mol. The number of nitrogens with one attached hydrogen (secondary N) is 1. The van der Waals surface area contributed by atoms with Gasteiger partial charge in [0, 0.05) is 49.7 Å². The van der Waals surface area contributed by atoms with E-state index in [0.717, 1.165) is 6.54 Å². The normalized spacial score (nSPS) is 29.5. The van der Waals surface area contributed by atoms with Crippen LogP contribution in [-0.2, 0) is 0 Å². The van der Waals surface area contributed by atoms with Crippen molar-refractivity contribution in [1.82, 2.24) is 10.3 Å². The molecule has 4 nitrogen and oxygen atoms in total. The van der Waals surface area contributed by atoms with Crippen molar-refractivity contribution in [2.75, 3.05) is 36.0 Å². The van der Waals surface area contributed by atoms with Gasteiger partial charge in [-0.15, -0.1) is 0 Å². The highest BCUT2D eigenvalue weighted by Crippen LogP contribution is 2.31. The Bertz CT molecular complexity index is 483. The molecule has 0 bridgehead atoms. The molecule has 3 aliphatic rings. The molecule has 4 heterocycles. The summed E-state index contributed by atoms with van der Waals surface area (Å²) < 4.78 is 0. The molecule has 1 N–H and O–H groups in total. The summed E-state index contributed by atoms with van der Waals surface area (Å²) >= 11 is 0. The molecule has 1 aromatic heterocycles. The van der Waals surface area contributed by atoms with Crippen LogP contribution in [0.1, 0.15) is 38.5 Å². The van der Waals surface area contributed by atoms with E-state index >= 15 is 0 Å². The van der Waals surface area contributed by atoms with Crippen LogP contribution in [0.25, 0.3) is 0 Å². The predicted octanol–water partition coefficient (Wildman–Crippen LogP) is 2.40. The lowest BCUT2D eigenvalue weighted by molar-refractivity contribution is 0.381. The Kier molecular flexibility index (Phi) is 3.72. The number of hydrogen-bond donors (Lipinski definition) is 1. The summed E-state index contributed by atoms with van der Waals surface area (Å²) in [7, 11) is 0. The van der Waals surface area contributed by atoms with E-state index in [1.807, 2.05) is 6.20 Å². The van der Waals surface area contributed by atoms with Crippen LogP contribution >= 0.6 is 0 Å². The lowest BCUT2D eigenvalue weighted by atomic mass is 9.99. The first kappa shape index (κ1) is 13.4. The lowest BCUT2D eigenvalue weighted by Gasteiger charge is -2.34. The first-order valence-corrected chi connectivity index (χ1v) is 8.63. The maximum absolute atomic E-state index is 4.68. The molecular formula is C17H26N4. The highest BCUT2D eigenvalue weighted by Gasteiger charge is 2.36. The van der Waals surface area contributed by atoms with Crippen molar-refractivity contribution in [3.05, 3.63) is 18.3 Å². The van der Waals surface area contributed by atoms with Crippen LogP contribution in [0.3, 0.4) is 0 Å². The highest BCUT2D eigenvalue weighted by atomic mass is 15.3. The highest BCUT2D eigenvalue weighted by molar-refractivity contribution is 5.56. The van der Waals surface area contributed by atoms with Crippen molar-refractivity contribution < 1.29 is 0 Å². The van der Waals surface area contributed by atoms with E-state index in [1.165, 1.54) is 69.7 Å². The second-order valence-corrected chi connectivity index (χ2v) is 6.67. The summed E-state index contributed by atoms with van der Waals surface area (Å²) in [5, 5.41) is 3.68. The standard InChI is InChI=1S/C17H26N4/c1-2-10-20(11-3-1)14-6-9-19-17(13-14)21-12-7-15-16(21)5-4-8-18-15/h6,9,13,15-16,18H,1-5,7-8,10-12H2. The van der Waals surface area contributed by atoms with Gasteiger partial charge in [0.05, 0.1) is 0 Å². The molecule has 0 aromatic carbocycles. The molecule has 0 radical (unpaired) electrons. The molecule has 0 amide bonds. The molecule has 2 unspecified atom stereocenters. The van der Waals surface area contributed by atoms with Crippen LogP contribution in [0.15, 0.2) is 18.3 Å². The molecule has 2 atom stereocenters. The molecule has 1 aromatic rings. The lowest BCUT2D eigenvalue weighted by Crippen LogP contribution is -2.47.